The van der Waals surface area contributed by atoms with E-state index in [9.17, 15) is 38.4 Å². The van der Waals surface area contributed by atoms with Crippen LogP contribution in [0, 0.1) is 35.5 Å². The highest BCUT2D eigenvalue weighted by Gasteiger charge is 2.33. The summed E-state index contributed by atoms with van der Waals surface area (Å²) < 4.78 is 0. The molecule has 55 heavy (non-hydrogen) atoms. The zero-order valence-electron chi connectivity index (χ0n) is 33.9. The van der Waals surface area contributed by atoms with E-state index in [-0.39, 0.29) is 66.1 Å². The van der Waals surface area contributed by atoms with Crippen LogP contribution >= 0.6 is 0 Å². The molecule has 1 saturated heterocycles. The van der Waals surface area contributed by atoms with Crippen molar-refractivity contribution in [2.24, 2.45) is 23.7 Å². The van der Waals surface area contributed by atoms with Gasteiger partial charge in [0.25, 0.3) is 23.6 Å². The van der Waals surface area contributed by atoms with Gasteiger partial charge in [-0.15, -0.1) is 5.06 Å². The maximum absolute atomic E-state index is 12.6. The van der Waals surface area contributed by atoms with Crippen molar-refractivity contribution in [1.29, 1.82) is 0 Å². The van der Waals surface area contributed by atoms with Gasteiger partial charge in [0.1, 0.15) is 12.1 Å². The van der Waals surface area contributed by atoms with E-state index in [4.69, 9.17) is 0 Å². The summed E-state index contributed by atoms with van der Waals surface area (Å²) in [5.74, 6) is 4.96. The van der Waals surface area contributed by atoms with E-state index >= 15 is 0 Å². The van der Waals surface area contributed by atoms with Gasteiger partial charge in [-0.1, -0.05) is 97.6 Å². The van der Waals surface area contributed by atoms with E-state index in [0.29, 0.717) is 11.6 Å². The van der Waals surface area contributed by atoms with Crippen LogP contribution in [-0.4, -0.2) is 63.6 Å². The van der Waals surface area contributed by atoms with Gasteiger partial charge in [-0.05, 0) is 44.5 Å². The number of ketones is 1. The molecule has 3 aliphatic rings. The first-order valence-electron chi connectivity index (χ1n) is 18.3. The van der Waals surface area contributed by atoms with E-state index in [1.54, 1.807) is 20.8 Å². The third-order valence-electron chi connectivity index (χ3n) is 7.74. The van der Waals surface area contributed by atoms with E-state index in [2.05, 4.69) is 16.7 Å². The van der Waals surface area contributed by atoms with Gasteiger partial charge in [0.05, 0.1) is 18.2 Å². The van der Waals surface area contributed by atoms with Gasteiger partial charge in [-0.3, -0.25) is 33.7 Å². The molecule has 3 aliphatic heterocycles. The average molecular weight is 758 g/mol. The minimum Gasteiger partial charge on any atom is -0.330 e. The normalized spacial score (nSPS) is 13.9. The minimum absolute atomic E-state index is 0.0324. The SMILES string of the molecule is CC(=O)C(C)C.CC(C)C(=O)N1Cc2ccccc2C#Cc2ccccc21.CC(C)C(=O)ON1C(=O)CCC1=O.CC(C)C=O.CC(C)N1C(=O)C=CC1=O. The number of Topliss-reactive ketones (excluding diaryl/α,β-unsaturated/α-hetero) is 1. The van der Waals surface area contributed by atoms with Crippen LogP contribution in [0.2, 0.25) is 0 Å². The number of hydrogen-bond acceptors (Lipinski definition) is 9. The van der Waals surface area contributed by atoms with Gasteiger partial charge in [0.2, 0.25) is 5.91 Å². The predicted octanol–water partition coefficient (Wildman–Crippen LogP) is 6.23. The summed E-state index contributed by atoms with van der Waals surface area (Å²) in [4.78, 5) is 94.6. The molecule has 3 heterocycles. The number of amides is 5. The fourth-order valence-corrected chi connectivity index (χ4v) is 4.27. The summed E-state index contributed by atoms with van der Waals surface area (Å²) in [6.07, 6.45) is 3.76. The van der Waals surface area contributed by atoms with E-state index < -0.39 is 17.8 Å². The number of carbonyl (C=O) groups is 8. The Labute approximate surface area is 325 Å². The Kier molecular flexibility index (Phi) is 19.9. The first-order valence-corrected chi connectivity index (χ1v) is 18.3. The zero-order chi connectivity index (χ0) is 42.0. The summed E-state index contributed by atoms with van der Waals surface area (Å²) in [6, 6.07) is 15.8. The lowest BCUT2D eigenvalue weighted by Crippen LogP contribution is -2.36. The molecule has 0 N–H and O–H groups in total. The highest BCUT2D eigenvalue weighted by atomic mass is 16.7. The van der Waals surface area contributed by atoms with Crippen LogP contribution in [0.3, 0.4) is 0 Å². The van der Waals surface area contributed by atoms with E-state index in [1.807, 2.05) is 109 Å². The second-order valence-corrected chi connectivity index (χ2v) is 14.3. The molecule has 0 saturated carbocycles. The number of rotatable bonds is 6. The van der Waals surface area contributed by atoms with Crippen molar-refractivity contribution in [3.8, 4) is 11.8 Å². The highest BCUT2D eigenvalue weighted by Crippen LogP contribution is 2.26. The summed E-state index contributed by atoms with van der Waals surface area (Å²) in [6.45, 7) is 20.4. The summed E-state index contributed by atoms with van der Waals surface area (Å²) in [5.41, 5.74) is 3.89. The number of hydrogen-bond donors (Lipinski definition) is 0. The third-order valence-corrected chi connectivity index (χ3v) is 7.74. The van der Waals surface area contributed by atoms with Crippen LogP contribution < -0.4 is 4.90 Å². The molecule has 0 aliphatic carbocycles. The third kappa shape index (κ3) is 15.7. The molecular weight excluding hydrogens is 702 g/mol. The highest BCUT2D eigenvalue weighted by molar-refractivity contribution is 6.13. The number of aldehydes is 1. The predicted molar refractivity (Wildman–Crippen MR) is 209 cm³/mol. The van der Waals surface area contributed by atoms with Crippen LogP contribution in [-0.2, 0) is 49.7 Å². The number of benzene rings is 2. The Morgan fingerprint density at radius 1 is 0.691 bits per heavy atom. The van der Waals surface area contributed by atoms with Gasteiger partial charge in [0.15, 0.2) is 0 Å². The van der Waals surface area contributed by atoms with Crippen molar-refractivity contribution in [2.45, 2.75) is 102 Å². The van der Waals surface area contributed by atoms with Gasteiger partial charge in [-0.25, -0.2) is 4.79 Å². The van der Waals surface area contributed by atoms with Crippen LogP contribution in [0.1, 0.15) is 106 Å². The Balaban J connectivity index is 0.000000382. The lowest BCUT2D eigenvalue weighted by atomic mass is 10.0. The number of imide groups is 2. The van der Waals surface area contributed by atoms with Gasteiger partial charge in [0, 0.05) is 59.9 Å². The number of hydroxylamine groups is 2. The maximum atomic E-state index is 12.6. The Morgan fingerprint density at radius 3 is 1.56 bits per heavy atom. The Morgan fingerprint density at radius 2 is 1.15 bits per heavy atom. The van der Waals surface area contributed by atoms with Crippen LogP contribution in [0.5, 0.6) is 0 Å². The van der Waals surface area contributed by atoms with E-state index in [0.717, 1.165) is 28.7 Å². The van der Waals surface area contributed by atoms with Crippen molar-refractivity contribution in [3.05, 3.63) is 77.4 Å². The lowest BCUT2D eigenvalue weighted by Gasteiger charge is -2.27. The number of para-hydroxylation sites is 1. The first kappa shape index (κ1) is 47.3. The molecule has 5 amide bonds. The molecule has 0 aromatic heterocycles. The van der Waals surface area contributed by atoms with Gasteiger partial charge < -0.3 is 14.5 Å². The fraction of sp³-hybridized carbons (Fsp3) is 0.442. The number of nitrogens with zero attached hydrogens (tertiary/aromatic N) is 3. The molecule has 0 unspecified atom stereocenters. The smallest absolute Gasteiger partial charge is 0.330 e. The van der Waals surface area contributed by atoms with Crippen molar-refractivity contribution in [3.63, 3.8) is 0 Å². The first-order chi connectivity index (χ1) is 25.7. The molecule has 12 heteroatoms. The Bertz CT molecular complexity index is 1760. The molecule has 0 atom stereocenters. The molecule has 0 spiro atoms. The maximum Gasteiger partial charge on any atom is 0.335 e. The number of carbonyl (C=O) groups excluding carboxylic acids is 8. The molecule has 5 rings (SSSR count). The summed E-state index contributed by atoms with van der Waals surface area (Å²) in [5, 5.41) is 0.558. The summed E-state index contributed by atoms with van der Waals surface area (Å²) >= 11 is 0. The average Bonchev–Trinajstić information content (AvgIpc) is 3.64. The van der Waals surface area contributed by atoms with E-state index in [1.165, 1.54) is 17.1 Å². The summed E-state index contributed by atoms with van der Waals surface area (Å²) in [7, 11) is 0. The van der Waals surface area contributed by atoms with Crippen molar-refractivity contribution < 1.29 is 43.2 Å². The van der Waals surface area contributed by atoms with Crippen molar-refractivity contribution >= 4 is 53.3 Å². The lowest BCUT2D eigenvalue weighted by molar-refractivity contribution is -0.199. The topological polar surface area (TPSA) is 156 Å². The largest absolute Gasteiger partial charge is 0.335 e. The van der Waals surface area contributed by atoms with Gasteiger partial charge >= 0.3 is 5.97 Å². The molecule has 1 fully saturated rings. The van der Waals surface area contributed by atoms with Crippen molar-refractivity contribution in [1.82, 2.24) is 9.96 Å². The second-order valence-electron chi connectivity index (χ2n) is 14.3. The zero-order valence-corrected chi connectivity index (χ0v) is 33.9. The molecule has 2 aromatic rings. The fourth-order valence-electron chi connectivity index (χ4n) is 4.27. The minimum atomic E-state index is -0.566. The molecule has 12 nitrogen and oxygen atoms in total. The number of fused-ring (bicyclic) bond motifs is 2. The molecule has 0 radical (unpaired) electrons. The van der Waals surface area contributed by atoms with Crippen LogP contribution in [0.4, 0.5) is 5.69 Å². The molecule has 2 aromatic carbocycles. The molecule has 0 bridgehead atoms. The van der Waals surface area contributed by atoms with Crippen LogP contribution in [0.15, 0.2) is 60.7 Å². The van der Waals surface area contributed by atoms with Gasteiger partial charge in [-0.2, -0.15) is 0 Å². The monoisotopic (exact) mass is 757 g/mol. The molecule has 296 valence electrons. The molecular formula is C43H55N3O9. The Hall–Kier alpha value is -5.70. The number of anilines is 1. The van der Waals surface area contributed by atoms with Crippen molar-refractivity contribution in [2.75, 3.05) is 4.90 Å². The quantitative estimate of drug-likeness (QED) is 0.189. The van der Waals surface area contributed by atoms with Crippen LogP contribution in [0.25, 0.3) is 0 Å². The second kappa shape index (κ2) is 23.2. The standard InChI is InChI=1S/C19H17NO.C8H11NO4.C7H9NO2.C5H10O.C4H8O/c1-14(2)19(21)20-13-17-9-4-3-7-15(17)11-12-16-8-5-6-10-18(16)20;1-5(2)8(12)13-9-6(10)3-4-7(9)11;1-5(2)8-6(9)3-4-7(8)10;1-4(2)5(3)6;1-4(2)3-5/h3-10,14H,13H2,1-2H3;5H,3-4H2,1-2H3;3-5H,1-2H3;4H,1-3H3;3-4H,1-2H3.